The van der Waals surface area contributed by atoms with E-state index in [0.717, 1.165) is 44.9 Å². The molecule has 11 rings (SSSR count). The zero-order chi connectivity index (χ0) is 67.7. The van der Waals surface area contributed by atoms with Gasteiger partial charge in [0.15, 0.2) is 37.7 Å². The van der Waals surface area contributed by atoms with Gasteiger partial charge >= 0.3 is 5.97 Å². The van der Waals surface area contributed by atoms with Gasteiger partial charge in [-0.1, -0.05) is 60.1 Å². The third kappa shape index (κ3) is 12.6. The maximum absolute atomic E-state index is 13.2. The van der Waals surface area contributed by atoms with E-state index in [-0.39, 0.29) is 40.1 Å². The number of fused-ring (bicyclic) bond motifs is 7. The van der Waals surface area contributed by atoms with E-state index in [0.29, 0.717) is 25.2 Å². The quantitative estimate of drug-likeness (QED) is 0.0596. The lowest BCUT2D eigenvalue weighted by Gasteiger charge is -2.71. The third-order valence-corrected chi connectivity index (χ3v) is 24.9. The van der Waals surface area contributed by atoms with Crippen molar-refractivity contribution in [1.29, 1.82) is 0 Å². The summed E-state index contributed by atoms with van der Waals surface area (Å²) in [6.45, 7) is 16.6. The molecule has 16 N–H and O–H groups in total. The van der Waals surface area contributed by atoms with Gasteiger partial charge in [-0.25, -0.2) is 0 Å². The van der Waals surface area contributed by atoms with Crippen LogP contribution in [0.5, 0.6) is 0 Å². The second-order valence-electron chi connectivity index (χ2n) is 31.0. The van der Waals surface area contributed by atoms with Crippen molar-refractivity contribution in [3.8, 4) is 0 Å². The predicted octanol–water partition coefficient (Wildman–Crippen LogP) is -2.49. The van der Waals surface area contributed by atoms with Crippen molar-refractivity contribution in [3.63, 3.8) is 0 Å². The van der Waals surface area contributed by atoms with E-state index in [1.54, 1.807) is 0 Å². The summed E-state index contributed by atoms with van der Waals surface area (Å²) in [5, 5.41) is 176. The zero-order valence-corrected chi connectivity index (χ0v) is 54.4. The first-order valence-electron chi connectivity index (χ1n) is 33.4. The molecule has 6 saturated heterocycles. The lowest BCUT2D eigenvalue weighted by molar-refractivity contribution is -0.387. The SMILES string of the molecule is C[C@@H]1O[C@@H](O[C@H]2[C@H](O[C@H]3CC[C@]4(C)[C@H]5CC=C6[C@@H]7CC(C)(C)CC[C@]7(C(=O)O)CC[C@@]6(C)[C@]5(C)CC[C@H]4C3(C)C)OC[C@H](O)[C@@H]2O)[C@H](O)[C@H](O[C@@H]2OC[C@@H](O[C@@H]3O[C@H](CO)[C@@H](O[C@H]4O[C@@H](CO[C@H]5O[C@H](C)[C@@H](O)[C@H](O)[C@@H]5O)[C@H](O)[C@@H](O)[C@@H]4O)[C@H](O)[C@H]3O)[C@@H](O)[C@H]2O)[C@H]1O. The predicted molar refractivity (Wildman–Crippen MR) is 314 cm³/mol. The number of aliphatic hydroxyl groups excluding tert-OH is 15. The molecule has 0 aromatic rings. The number of allylic oxidation sites excluding steroid dienone is 2. The molecule has 0 unspecified atom stereocenters. The topological polar surface area (TPSA) is 452 Å². The molecule has 11 aliphatic rings. The molecule has 36 atom stereocenters. The van der Waals surface area contributed by atoms with E-state index in [2.05, 4.69) is 54.5 Å². The number of hydrogen-bond acceptors (Lipinski definition) is 28. The van der Waals surface area contributed by atoms with Crippen LogP contribution in [0.3, 0.4) is 0 Å². The lowest BCUT2D eigenvalue weighted by Crippen LogP contribution is -2.66. The molecule has 29 nitrogen and oxygen atoms in total. The molecule has 93 heavy (non-hydrogen) atoms. The molecule has 6 aliphatic heterocycles. The monoisotopic (exact) mass is 1340 g/mol. The highest BCUT2D eigenvalue weighted by Gasteiger charge is 2.70. The second-order valence-corrected chi connectivity index (χ2v) is 31.0. The minimum Gasteiger partial charge on any atom is -0.481 e. The van der Waals surface area contributed by atoms with Crippen LogP contribution in [0.1, 0.15) is 127 Å². The van der Waals surface area contributed by atoms with E-state index >= 15 is 0 Å². The van der Waals surface area contributed by atoms with Crippen molar-refractivity contribution in [2.75, 3.05) is 26.4 Å². The Morgan fingerprint density at radius 3 is 1.80 bits per heavy atom. The summed E-state index contributed by atoms with van der Waals surface area (Å²) in [5.41, 5.74) is -0.177. The zero-order valence-electron chi connectivity index (χ0n) is 54.4. The number of hydrogen-bond donors (Lipinski definition) is 16. The maximum atomic E-state index is 13.2. The number of carbonyl (C=O) groups is 1. The van der Waals surface area contributed by atoms with Crippen molar-refractivity contribution >= 4 is 5.97 Å². The molecule has 0 spiro atoms. The Bertz CT molecular complexity index is 2620. The summed E-state index contributed by atoms with van der Waals surface area (Å²) >= 11 is 0. The van der Waals surface area contributed by atoms with Crippen LogP contribution in [0.2, 0.25) is 0 Å². The normalized spacial score (nSPS) is 54.7. The number of aliphatic hydroxyl groups is 15. The Kier molecular flexibility index (Phi) is 20.9. The number of rotatable bonds is 15. The first-order valence-corrected chi connectivity index (χ1v) is 33.4. The first kappa shape index (κ1) is 72.4. The molecular formula is C64H104O29. The van der Waals surface area contributed by atoms with Gasteiger partial charge in [0, 0.05) is 0 Å². The van der Waals surface area contributed by atoms with Crippen molar-refractivity contribution in [2.45, 2.75) is 305 Å². The van der Waals surface area contributed by atoms with Crippen molar-refractivity contribution in [1.82, 2.24) is 0 Å². The van der Waals surface area contributed by atoms with Gasteiger partial charge in [-0.3, -0.25) is 4.79 Å². The molecule has 0 bridgehead atoms. The minimum atomic E-state index is -2.05. The average molecular weight is 1340 g/mol. The fraction of sp³-hybridized carbons (Fsp3) is 0.953. The second kappa shape index (κ2) is 26.9. The van der Waals surface area contributed by atoms with Crippen LogP contribution in [0, 0.1) is 50.2 Å². The van der Waals surface area contributed by atoms with Crippen LogP contribution < -0.4 is 0 Å². The maximum Gasteiger partial charge on any atom is 0.310 e. The lowest BCUT2D eigenvalue weighted by atomic mass is 9.33. The summed E-state index contributed by atoms with van der Waals surface area (Å²) in [6, 6.07) is 0. The van der Waals surface area contributed by atoms with Gasteiger partial charge in [-0.2, -0.15) is 0 Å². The average Bonchev–Trinajstić information content (AvgIpc) is 0.678. The molecule has 4 saturated carbocycles. The highest BCUT2D eigenvalue weighted by molar-refractivity contribution is 5.76. The fourth-order valence-corrected chi connectivity index (χ4v) is 18.8. The van der Waals surface area contributed by atoms with Crippen molar-refractivity contribution in [2.24, 2.45) is 50.2 Å². The van der Waals surface area contributed by atoms with Gasteiger partial charge in [0.25, 0.3) is 0 Å². The van der Waals surface area contributed by atoms with E-state index in [9.17, 15) is 86.5 Å². The number of ether oxygens (including phenoxy) is 12. The Morgan fingerprint density at radius 1 is 0.516 bits per heavy atom. The molecule has 534 valence electrons. The number of aliphatic carboxylic acids is 1. The van der Waals surface area contributed by atoms with Crippen LogP contribution in [0.15, 0.2) is 11.6 Å². The number of carboxylic acids is 1. The highest BCUT2D eigenvalue weighted by Crippen LogP contribution is 2.76. The van der Waals surface area contributed by atoms with Gasteiger partial charge in [-0.15, -0.1) is 0 Å². The molecule has 29 heteroatoms. The fourth-order valence-electron chi connectivity index (χ4n) is 18.8. The molecule has 5 aliphatic carbocycles. The highest BCUT2D eigenvalue weighted by atomic mass is 16.8. The molecule has 10 fully saturated rings. The third-order valence-electron chi connectivity index (χ3n) is 24.9. The summed E-state index contributed by atoms with van der Waals surface area (Å²) < 4.78 is 71.0. The van der Waals surface area contributed by atoms with Crippen LogP contribution in [0.4, 0.5) is 0 Å². The Balaban J connectivity index is 0.705. The van der Waals surface area contributed by atoms with Crippen LogP contribution in [-0.2, 0) is 61.6 Å². The Morgan fingerprint density at radius 2 is 1.10 bits per heavy atom. The molecule has 6 heterocycles. The summed E-state index contributed by atoms with van der Waals surface area (Å²) in [4.78, 5) is 13.2. The summed E-state index contributed by atoms with van der Waals surface area (Å²) in [6.07, 6.45) is -36.8. The van der Waals surface area contributed by atoms with E-state index in [1.807, 2.05) is 0 Å². The molecule has 0 radical (unpaired) electrons. The first-order chi connectivity index (χ1) is 43.5. The summed E-state index contributed by atoms with van der Waals surface area (Å²) in [7, 11) is 0. The van der Waals surface area contributed by atoms with Gasteiger partial charge in [0.2, 0.25) is 0 Å². The van der Waals surface area contributed by atoms with Gasteiger partial charge in [-0.05, 0) is 123 Å². The largest absolute Gasteiger partial charge is 0.481 e. The van der Waals surface area contributed by atoms with Gasteiger partial charge in [0.1, 0.15) is 122 Å². The van der Waals surface area contributed by atoms with Crippen molar-refractivity contribution in [3.05, 3.63) is 11.6 Å². The van der Waals surface area contributed by atoms with E-state index < -0.39 is 215 Å². The van der Waals surface area contributed by atoms with E-state index in [4.69, 9.17) is 56.8 Å². The van der Waals surface area contributed by atoms with Gasteiger partial charge < -0.3 is 139 Å². The Hall–Kier alpha value is -1.87. The van der Waals surface area contributed by atoms with Crippen molar-refractivity contribution < 1.29 is 143 Å². The van der Waals surface area contributed by atoms with Gasteiger partial charge in [0.05, 0.1) is 50.2 Å². The molecule has 0 amide bonds. The standard InChI is InChI=1S/C64H104O29/c1-25-36(67)41(72)45(76)52(85-25)83-23-31-39(70)42(73)46(77)55(89-31)91-49-30(21-65)87-54(47(78)43(49)74)88-32-24-84-53(44(75)40(32)71)92-50-37(68)26(2)86-56(48(50)79)93-51-38(69)29(66)22-82-57(51)90-35-13-14-61(7)33(60(35,5)6)12-15-63(9)34(61)11-10-27-28-20-59(3,4)16-18-64(28,58(80)81)19-17-62(27,63)8/h10,25-26,28-57,65-79H,11-24H2,1-9H3,(H,80,81)/t25-,26+,28+,29+,30-,31+,32-,33+,34-,35+,36-,37+,38+,39+,40-,41+,42-,43-,44-,45+,46+,47-,48-,49-,50-,51-,52+,53+,54+,55-,56+,57+,61+,62-,63-,64+/m1/s1. The van der Waals surface area contributed by atoms with Crippen LogP contribution in [-0.4, -0.2) is 292 Å². The smallest absolute Gasteiger partial charge is 0.310 e. The van der Waals surface area contributed by atoms with Crippen LogP contribution >= 0.6 is 0 Å². The minimum absolute atomic E-state index is 0.00846. The number of carboxylic acid groups (broad SMARTS) is 1. The molecular weight excluding hydrogens is 1230 g/mol. The molecule has 0 aromatic heterocycles. The van der Waals surface area contributed by atoms with Crippen LogP contribution in [0.25, 0.3) is 0 Å². The molecule has 0 aromatic carbocycles. The summed E-state index contributed by atoms with van der Waals surface area (Å²) in [5.74, 6) is -0.183. The Labute approximate surface area is 540 Å². The van der Waals surface area contributed by atoms with E-state index in [1.165, 1.54) is 19.4 Å².